The number of halogens is 2. The monoisotopic (exact) mass is 417 g/mol. The molecule has 0 unspecified atom stereocenters. The second-order valence-electron chi connectivity index (χ2n) is 4.07. The lowest BCUT2D eigenvalue weighted by Gasteiger charge is -2.01. The van der Waals surface area contributed by atoms with Crippen molar-refractivity contribution in [2.45, 2.75) is 20.4 Å². The number of hydrogen-bond donors (Lipinski definition) is 1. The van der Waals surface area contributed by atoms with Gasteiger partial charge < -0.3 is 9.67 Å². The number of hydrogen-bond acceptors (Lipinski definition) is 4. The molecule has 1 aromatic heterocycles. The fraction of sp³-hybridized carbons (Fsp3) is 0.231. The molecule has 0 aliphatic carbocycles. The minimum atomic E-state index is 0.151. The number of phenolic OH excluding ortho intramolecular Hbond substituents is 1. The first kappa shape index (κ1) is 15.5. The highest BCUT2D eigenvalue weighted by molar-refractivity contribution is 9.11. The maximum atomic E-state index is 9.92. The highest BCUT2D eigenvalue weighted by Gasteiger charge is 2.05. The predicted molar refractivity (Wildman–Crippen MR) is 89.4 cm³/mol. The van der Waals surface area contributed by atoms with E-state index in [0.717, 1.165) is 15.8 Å². The van der Waals surface area contributed by atoms with Gasteiger partial charge in [0.1, 0.15) is 5.75 Å². The summed E-state index contributed by atoms with van der Waals surface area (Å²) in [5.74, 6) is 0.151. The fourth-order valence-electron chi connectivity index (χ4n) is 1.70. The zero-order valence-corrected chi connectivity index (χ0v) is 15.0. The van der Waals surface area contributed by atoms with Crippen LogP contribution in [0.5, 0.6) is 5.75 Å². The molecule has 20 heavy (non-hydrogen) atoms. The van der Waals surface area contributed by atoms with Gasteiger partial charge in [-0.3, -0.25) is 0 Å². The molecule has 0 aliphatic heterocycles. The first-order chi connectivity index (χ1) is 9.52. The number of thiazole rings is 1. The smallest absolute Gasteiger partial charge is 0.210 e. The summed E-state index contributed by atoms with van der Waals surface area (Å²) in [6.07, 6.45) is 1.54. The lowest BCUT2D eigenvalue weighted by molar-refractivity contribution is 0.471. The van der Waals surface area contributed by atoms with Crippen LogP contribution in [0.2, 0.25) is 0 Å². The average Bonchev–Trinajstić information content (AvgIpc) is 2.75. The Balaban J connectivity index is 2.35. The summed E-state index contributed by atoms with van der Waals surface area (Å²) >= 11 is 8.21. The summed E-state index contributed by atoms with van der Waals surface area (Å²) in [7, 11) is 0. The van der Waals surface area contributed by atoms with E-state index in [0.29, 0.717) is 10.0 Å². The molecule has 1 N–H and O–H groups in total. The molecule has 1 heterocycles. The number of aromatic nitrogens is 1. The van der Waals surface area contributed by atoms with Gasteiger partial charge >= 0.3 is 0 Å². The van der Waals surface area contributed by atoms with E-state index in [9.17, 15) is 5.11 Å². The zero-order valence-electron chi connectivity index (χ0n) is 11.0. The summed E-state index contributed by atoms with van der Waals surface area (Å²) in [6, 6.07) is 3.56. The normalized spacial score (nSPS) is 12.5. The van der Waals surface area contributed by atoms with Gasteiger partial charge in [0.2, 0.25) is 4.80 Å². The molecule has 0 spiro atoms. The third-order valence-corrected chi connectivity index (χ3v) is 4.74. The Labute approximate surface area is 137 Å². The second kappa shape index (κ2) is 6.69. The molecule has 4 nitrogen and oxygen atoms in total. The van der Waals surface area contributed by atoms with Crippen molar-refractivity contribution in [3.05, 3.63) is 42.5 Å². The summed E-state index contributed by atoms with van der Waals surface area (Å²) in [5, 5.41) is 20.2. The van der Waals surface area contributed by atoms with E-state index in [1.54, 1.807) is 29.7 Å². The van der Waals surface area contributed by atoms with Crippen LogP contribution >= 0.6 is 43.2 Å². The molecule has 0 fully saturated rings. The van der Waals surface area contributed by atoms with E-state index >= 15 is 0 Å². The van der Waals surface area contributed by atoms with Crippen molar-refractivity contribution in [3.63, 3.8) is 0 Å². The van der Waals surface area contributed by atoms with Gasteiger partial charge in [0.05, 0.1) is 10.7 Å². The minimum Gasteiger partial charge on any atom is -0.506 e. The van der Waals surface area contributed by atoms with Crippen molar-refractivity contribution in [3.8, 4) is 5.75 Å². The van der Waals surface area contributed by atoms with Crippen molar-refractivity contribution in [1.29, 1.82) is 0 Å². The SMILES string of the molecule is CCn1c(C)csc1=N/N=C/c1cc(Br)cc(Br)c1O. The fourth-order valence-corrected chi connectivity index (χ4v) is 3.86. The van der Waals surface area contributed by atoms with Gasteiger partial charge in [-0.2, -0.15) is 5.10 Å². The molecule has 0 aliphatic rings. The van der Waals surface area contributed by atoms with Crippen molar-refractivity contribution in [2.24, 2.45) is 10.2 Å². The first-order valence-corrected chi connectivity index (χ1v) is 8.39. The summed E-state index contributed by atoms with van der Waals surface area (Å²) in [6.45, 7) is 4.97. The highest BCUT2D eigenvalue weighted by atomic mass is 79.9. The summed E-state index contributed by atoms with van der Waals surface area (Å²) in [4.78, 5) is 0.842. The third kappa shape index (κ3) is 3.39. The Hall–Kier alpha value is -0.920. The third-order valence-electron chi connectivity index (χ3n) is 2.71. The van der Waals surface area contributed by atoms with E-state index in [-0.39, 0.29) is 5.75 Å². The molecule has 0 amide bonds. The number of aromatic hydroxyl groups is 1. The summed E-state index contributed by atoms with van der Waals surface area (Å²) < 4.78 is 3.56. The Morgan fingerprint density at radius 3 is 2.85 bits per heavy atom. The largest absolute Gasteiger partial charge is 0.506 e. The van der Waals surface area contributed by atoms with Gasteiger partial charge in [-0.05, 0) is 41.9 Å². The standard InChI is InChI=1S/C13H13Br2N3OS/c1-3-18-8(2)7-20-13(18)17-16-6-9-4-10(14)5-11(15)12(9)19/h4-7,19H,3H2,1-2H3/b16-6+,17-13?. The minimum absolute atomic E-state index is 0.151. The topological polar surface area (TPSA) is 49.9 Å². The Morgan fingerprint density at radius 1 is 1.40 bits per heavy atom. The van der Waals surface area contributed by atoms with Gasteiger partial charge in [-0.15, -0.1) is 16.4 Å². The Bertz CT molecular complexity index is 719. The molecule has 0 radical (unpaired) electrons. The highest BCUT2D eigenvalue weighted by Crippen LogP contribution is 2.30. The maximum Gasteiger partial charge on any atom is 0.210 e. The molecule has 0 bridgehead atoms. The number of phenols is 1. The van der Waals surface area contributed by atoms with Crippen LogP contribution in [0.4, 0.5) is 0 Å². The van der Waals surface area contributed by atoms with Crippen LogP contribution in [-0.2, 0) is 6.54 Å². The molecule has 2 rings (SSSR count). The van der Waals surface area contributed by atoms with Crippen LogP contribution in [0.3, 0.4) is 0 Å². The number of aryl methyl sites for hydroxylation is 1. The van der Waals surface area contributed by atoms with Crippen molar-refractivity contribution < 1.29 is 5.11 Å². The molecule has 1 aromatic carbocycles. The van der Waals surface area contributed by atoms with Crippen LogP contribution in [0.15, 0.2) is 36.7 Å². The Kier molecular flexibility index (Phi) is 5.17. The first-order valence-electron chi connectivity index (χ1n) is 5.93. The van der Waals surface area contributed by atoms with Crippen LogP contribution < -0.4 is 4.80 Å². The Morgan fingerprint density at radius 2 is 2.15 bits per heavy atom. The maximum absolute atomic E-state index is 9.92. The zero-order chi connectivity index (χ0) is 14.7. The van der Waals surface area contributed by atoms with Gasteiger partial charge in [-0.25, -0.2) is 0 Å². The van der Waals surface area contributed by atoms with Crippen LogP contribution in [-0.4, -0.2) is 15.9 Å². The van der Waals surface area contributed by atoms with Crippen molar-refractivity contribution in [2.75, 3.05) is 0 Å². The molecule has 0 saturated heterocycles. The van der Waals surface area contributed by atoms with Gasteiger partial charge in [0, 0.05) is 27.7 Å². The molecule has 0 atom stereocenters. The molecule has 7 heteroatoms. The van der Waals surface area contributed by atoms with Gasteiger partial charge in [0.25, 0.3) is 0 Å². The van der Waals surface area contributed by atoms with Gasteiger partial charge in [-0.1, -0.05) is 15.9 Å². The predicted octanol–water partition coefficient (Wildman–Crippen LogP) is 4.04. The van der Waals surface area contributed by atoms with Gasteiger partial charge in [0.15, 0.2) is 0 Å². The van der Waals surface area contributed by atoms with E-state index in [4.69, 9.17) is 0 Å². The second-order valence-corrected chi connectivity index (χ2v) is 6.68. The molecular formula is C13H13Br2N3OS. The van der Waals surface area contributed by atoms with Crippen molar-refractivity contribution >= 4 is 49.4 Å². The lowest BCUT2D eigenvalue weighted by Crippen LogP contribution is -2.14. The average molecular weight is 419 g/mol. The van der Waals surface area contributed by atoms with Crippen LogP contribution in [0.1, 0.15) is 18.2 Å². The molecule has 106 valence electrons. The summed E-state index contributed by atoms with van der Waals surface area (Å²) in [5.41, 5.74) is 1.77. The lowest BCUT2D eigenvalue weighted by atomic mass is 10.2. The quantitative estimate of drug-likeness (QED) is 0.593. The van der Waals surface area contributed by atoms with Crippen LogP contribution in [0, 0.1) is 6.92 Å². The van der Waals surface area contributed by atoms with E-state index in [2.05, 4.69) is 53.6 Å². The molecular weight excluding hydrogens is 406 g/mol. The van der Waals surface area contributed by atoms with Crippen LogP contribution in [0.25, 0.3) is 0 Å². The van der Waals surface area contributed by atoms with E-state index in [1.807, 2.05) is 12.3 Å². The molecule has 2 aromatic rings. The number of benzene rings is 1. The number of rotatable bonds is 3. The molecule has 0 saturated carbocycles. The van der Waals surface area contributed by atoms with E-state index < -0.39 is 0 Å². The van der Waals surface area contributed by atoms with Crippen molar-refractivity contribution in [1.82, 2.24) is 4.57 Å². The van der Waals surface area contributed by atoms with E-state index in [1.165, 1.54) is 5.69 Å². The number of nitrogens with zero attached hydrogens (tertiary/aromatic N) is 3.